The van der Waals surface area contributed by atoms with Crippen molar-refractivity contribution in [2.24, 2.45) is 0 Å². The molecule has 0 atom stereocenters. The quantitative estimate of drug-likeness (QED) is 0.846. The second-order valence-electron chi connectivity index (χ2n) is 4.26. The third-order valence-electron chi connectivity index (χ3n) is 2.80. The van der Waals surface area contributed by atoms with E-state index in [1.165, 1.54) is 19.2 Å². The predicted molar refractivity (Wildman–Crippen MR) is 83.9 cm³/mol. The number of sulfonamides is 1. The number of halogens is 1. The maximum absolute atomic E-state index is 12.4. The van der Waals surface area contributed by atoms with Crippen LogP contribution < -0.4 is 9.46 Å². The average Bonchev–Trinajstić information content (AvgIpc) is 2.48. The highest BCUT2D eigenvalue weighted by Gasteiger charge is 2.19. The molecule has 0 fully saturated rings. The summed E-state index contributed by atoms with van der Waals surface area (Å²) >= 11 is 3.29. The summed E-state index contributed by atoms with van der Waals surface area (Å²) < 4.78 is 33.2. The molecule has 0 heterocycles. The smallest absolute Gasteiger partial charge is 0.265 e. The minimum Gasteiger partial charge on any atom is -0.495 e. The molecule has 0 spiro atoms. The van der Waals surface area contributed by atoms with E-state index in [0.29, 0.717) is 11.3 Å². The van der Waals surface area contributed by atoms with Crippen LogP contribution in [-0.2, 0) is 16.6 Å². The molecular formula is C14H14BrNO4S. The molecule has 0 aromatic heterocycles. The lowest BCUT2D eigenvalue weighted by atomic mass is 10.2. The van der Waals surface area contributed by atoms with E-state index < -0.39 is 10.0 Å². The molecule has 21 heavy (non-hydrogen) atoms. The van der Waals surface area contributed by atoms with E-state index in [1.54, 1.807) is 30.3 Å². The van der Waals surface area contributed by atoms with Crippen molar-refractivity contribution in [1.82, 2.24) is 0 Å². The van der Waals surface area contributed by atoms with E-state index in [-0.39, 0.29) is 17.3 Å². The molecular weight excluding hydrogens is 358 g/mol. The first-order chi connectivity index (χ1) is 9.96. The number of aliphatic hydroxyl groups excluding tert-OH is 1. The van der Waals surface area contributed by atoms with Gasteiger partial charge in [-0.1, -0.05) is 22.0 Å². The first-order valence-corrected chi connectivity index (χ1v) is 8.30. The number of hydrogen-bond donors (Lipinski definition) is 2. The second-order valence-corrected chi connectivity index (χ2v) is 6.82. The van der Waals surface area contributed by atoms with Crippen LogP contribution in [0.15, 0.2) is 51.8 Å². The van der Waals surface area contributed by atoms with Gasteiger partial charge in [-0.25, -0.2) is 8.42 Å². The molecule has 112 valence electrons. The second kappa shape index (κ2) is 6.46. The van der Waals surface area contributed by atoms with Gasteiger partial charge >= 0.3 is 0 Å². The van der Waals surface area contributed by atoms with E-state index >= 15 is 0 Å². The minimum atomic E-state index is -3.77. The molecule has 0 saturated carbocycles. The first-order valence-electron chi connectivity index (χ1n) is 6.02. The highest BCUT2D eigenvalue weighted by molar-refractivity contribution is 9.10. The number of methoxy groups -OCH3 is 1. The van der Waals surface area contributed by atoms with Crippen LogP contribution in [0.3, 0.4) is 0 Å². The number of aliphatic hydroxyl groups is 1. The van der Waals surface area contributed by atoms with Gasteiger partial charge in [0.25, 0.3) is 10.0 Å². The number of benzene rings is 2. The van der Waals surface area contributed by atoms with Crippen molar-refractivity contribution in [2.75, 3.05) is 11.8 Å². The summed E-state index contributed by atoms with van der Waals surface area (Å²) in [6, 6.07) is 11.2. The van der Waals surface area contributed by atoms with Gasteiger partial charge in [0, 0.05) is 10.2 Å². The lowest BCUT2D eigenvalue weighted by Crippen LogP contribution is -2.14. The summed E-state index contributed by atoms with van der Waals surface area (Å²) in [6.45, 7) is -0.184. The summed E-state index contributed by atoms with van der Waals surface area (Å²) in [5.74, 6) is 0.186. The van der Waals surface area contributed by atoms with Crippen LogP contribution in [0.2, 0.25) is 0 Å². The molecule has 5 nitrogen and oxygen atoms in total. The maximum atomic E-state index is 12.4. The van der Waals surface area contributed by atoms with Crippen molar-refractivity contribution in [3.05, 3.63) is 52.5 Å². The van der Waals surface area contributed by atoms with Gasteiger partial charge in [0.15, 0.2) is 0 Å². The number of ether oxygens (including phenoxy) is 1. The van der Waals surface area contributed by atoms with Gasteiger partial charge in [-0.05, 0) is 42.0 Å². The van der Waals surface area contributed by atoms with Crippen molar-refractivity contribution < 1.29 is 18.3 Å². The Balaban J connectivity index is 2.37. The highest BCUT2D eigenvalue weighted by Crippen LogP contribution is 2.27. The molecule has 0 aliphatic heterocycles. The number of rotatable bonds is 5. The van der Waals surface area contributed by atoms with E-state index in [1.807, 2.05) is 0 Å². The monoisotopic (exact) mass is 371 g/mol. The molecule has 0 aliphatic rings. The standard InChI is InChI=1S/C14H14BrNO4S/c1-20-13-8-10(9-17)2-7-14(13)21(18,19)16-12-5-3-11(15)4-6-12/h2-8,16-17H,9H2,1H3. The van der Waals surface area contributed by atoms with Gasteiger partial charge in [-0.2, -0.15) is 0 Å². The van der Waals surface area contributed by atoms with Crippen molar-refractivity contribution in [3.8, 4) is 5.75 Å². The molecule has 0 amide bonds. The van der Waals surface area contributed by atoms with Gasteiger partial charge in [0.2, 0.25) is 0 Å². The van der Waals surface area contributed by atoms with Gasteiger partial charge in [-0.3, -0.25) is 4.72 Å². The third-order valence-corrected chi connectivity index (χ3v) is 4.75. The molecule has 2 N–H and O–H groups in total. The summed E-state index contributed by atoms with van der Waals surface area (Å²) in [5.41, 5.74) is 1.03. The Morgan fingerprint density at radius 2 is 1.86 bits per heavy atom. The van der Waals surface area contributed by atoms with Crippen molar-refractivity contribution in [1.29, 1.82) is 0 Å². The van der Waals surface area contributed by atoms with Crippen molar-refractivity contribution in [2.45, 2.75) is 11.5 Å². The van der Waals surface area contributed by atoms with Crippen molar-refractivity contribution in [3.63, 3.8) is 0 Å². The SMILES string of the molecule is COc1cc(CO)ccc1S(=O)(=O)Nc1ccc(Br)cc1. The Morgan fingerprint density at radius 1 is 1.19 bits per heavy atom. The van der Waals surface area contributed by atoms with E-state index in [2.05, 4.69) is 20.7 Å². The molecule has 2 aromatic rings. The fraction of sp³-hybridized carbons (Fsp3) is 0.143. The summed E-state index contributed by atoms with van der Waals surface area (Å²) in [7, 11) is -2.38. The largest absolute Gasteiger partial charge is 0.495 e. The van der Waals surface area contributed by atoms with Crippen LogP contribution in [-0.4, -0.2) is 20.6 Å². The normalized spacial score (nSPS) is 11.2. The van der Waals surface area contributed by atoms with Crippen LogP contribution in [0.1, 0.15) is 5.56 Å². The molecule has 2 rings (SSSR count). The summed E-state index contributed by atoms with van der Waals surface area (Å²) in [4.78, 5) is 0.0186. The van der Waals surface area contributed by atoms with Crippen LogP contribution >= 0.6 is 15.9 Å². The van der Waals surface area contributed by atoms with Crippen LogP contribution in [0.5, 0.6) is 5.75 Å². The Labute approximate surface area is 131 Å². The zero-order chi connectivity index (χ0) is 15.5. The molecule has 0 bridgehead atoms. The van der Waals surface area contributed by atoms with Gasteiger partial charge in [-0.15, -0.1) is 0 Å². The summed E-state index contributed by atoms with van der Waals surface area (Å²) in [6.07, 6.45) is 0. The van der Waals surface area contributed by atoms with Gasteiger partial charge in [0.05, 0.1) is 13.7 Å². The average molecular weight is 372 g/mol. The first kappa shape index (κ1) is 15.8. The Hall–Kier alpha value is -1.57. The molecule has 0 saturated heterocycles. The molecule has 0 unspecified atom stereocenters. The highest BCUT2D eigenvalue weighted by atomic mass is 79.9. The van der Waals surface area contributed by atoms with Crippen LogP contribution in [0, 0.1) is 0 Å². The van der Waals surface area contributed by atoms with Crippen molar-refractivity contribution >= 4 is 31.6 Å². The Kier molecular flexibility index (Phi) is 4.87. The van der Waals surface area contributed by atoms with E-state index in [4.69, 9.17) is 9.84 Å². The zero-order valence-electron chi connectivity index (χ0n) is 11.2. The third kappa shape index (κ3) is 3.75. The van der Waals surface area contributed by atoms with E-state index in [9.17, 15) is 8.42 Å². The lowest BCUT2D eigenvalue weighted by Gasteiger charge is -2.12. The maximum Gasteiger partial charge on any atom is 0.265 e. The molecule has 2 aromatic carbocycles. The fourth-order valence-corrected chi connectivity index (χ4v) is 3.24. The van der Waals surface area contributed by atoms with Gasteiger partial charge in [0.1, 0.15) is 10.6 Å². The molecule has 0 aliphatic carbocycles. The molecule has 0 radical (unpaired) electrons. The summed E-state index contributed by atoms with van der Waals surface area (Å²) in [5, 5.41) is 9.09. The lowest BCUT2D eigenvalue weighted by molar-refractivity contribution is 0.280. The Bertz CT molecular complexity index is 729. The molecule has 7 heteroatoms. The van der Waals surface area contributed by atoms with E-state index in [0.717, 1.165) is 4.47 Å². The van der Waals surface area contributed by atoms with Crippen LogP contribution in [0.4, 0.5) is 5.69 Å². The topological polar surface area (TPSA) is 75.6 Å². The van der Waals surface area contributed by atoms with Gasteiger partial charge < -0.3 is 9.84 Å². The predicted octanol–water partition coefficient (Wildman–Crippen LogP) is 2.75. The number of hydrogen-bond acceptors (Lipinski definition) is 4. The zero-order valence-corrected chi connectivity index (χ0v) is 13.6. The minimum absolute atomic E-state index is 0.0186. The number of nitrogens with one attached hydrogen (secondary N) is 1. The van der Waals surface area contributed by atoms with Crippen LogP contribution in [0.25, 0.3) is 0 Å². The number of anilines is 1. The Morgan fingerprint density at radius 3 is 2.43 bits per heavy atom. The fourth-order valence-electron chi connectivity index (χ4n) is 1.76.